The van der Waals surface area contributed by atoms with Crippen molar-refractivity contribution in [1.82, 2.24) is 20.6 Å². The molecule has 1 fully saturated rings. The highest BCUT2D eigenvalue weighted by molar-refractivity contribution is 5.95. The van der Waals surface area contributed by atoms with Crippen LogP contribution in [0.25, 0.3) is 10.9 Å². The van der Waals surface area contributed by atoms with Crippen LogP contribution in [0.5, 0.6) is 11.6 Å². The Morgan fingerprint density at radius 1 is 1.10 bits per heavy atom. The van der Waals surface area contributed by atoms with Gasteiger partial charge in [-0.1, -0.05) is 6.07 Å². The lowest BCUT2D eigenvalue weighted by atomic mass is 10.1. The summed E-state index contributed by atoms with van der Waals surface area (Å²) >= 11 is 0. The van der Waals surface area contributed by atoms with Crippen molar-refractivity contribution < 1.29 is 22.7 Å². The normalized spacial score (nSPS) is 15.2. The van der Waals surface area contributed by atoms with Crippen LogP contribution >= 0.6 is 0 Å². The zero-order chi connectivity index (χ0) is 21.1. The smallest absolute Gasteiger partial charge is 0.417 e. The Kier molecular flexibility index (Phi) is 5.54. The maximum Gasteiger partial charge on any atom is 0.417 e. The first-order chi connectivity index (χ1) is 14.4. The minimum Gasteiger partial charge on any atom is -0.439 e. The van der Waals surface area contributed by atoms with Crippen LogP contribution in [-0.4, -0.2) is 35.0 Å². The first-order valence-corrected chi connectivity index (χ1v) is 9.52. The molecular weight excluding hydrogens is 397 g/mol. The van der Waals surface area contributed by atoms with E-state index in [0.29, 0.717) is 17.0 Å². The third-order valence-electron chi connectivity index (χ3n) is 4.85. The van der Waals surface area contributed by atoms with E-state index in [1.807, 2.05) is 0 Å². The van der Waals surface area contributed by atoms with Crippen molar-refractivity contribution in [2.24, 2.45) is 0 Å². The average molecular weight is 416 g/mol. The third-order valence-corrected chi connectivity index (χ3v) is 4.85. The second-order valence-electron chi connectivity index (χ2n) is 7.03. The summed E-state index contributed by atoms with van der Waals surface area (Å²) in [7, 11) is 0. The molecule has 2 aromatic heterocycles. The number of nitrogens with zero attached hydrogens (tertiary/aromatic N) is 2. The summed E-state index contributed by atoms with van der Waals surface area (Å²) in [6.07, 6.45) is -1.95. The van der Waals surface area contributed by atoms with Gasteiger partial charge in [-0.2, -0.15) is 13.2 Å². The highest BCUT2D eigenvalue weighted by atomic mass is 19.4. The van der Waals surface area contributed by atoms with Gasteiger partial charge in [-0.05, 0) is 56.3 Å². The van der Waals surface area contributed by atoms with E-state index in [4.69, 9.17) is 4.74 Å². The number of hydrogen-bond acceptors (Lipinski definition) is 5. The highest BCUT2D eigenvalue weighted by Crippen LogP contribution is 2.30. The first kappa shape index (κ1) is 20.1. The van der Waals surface area contributed by atoms with Gasteiger partial charge in [0.1, 0.15) is 11.4 Å². The van der Waals surface area contributed by atoms with Crippen molar-refractivity contribution in [3.63, 3.8) is 0 Å². The molecule has 0 radical (unpaired) electrons. The molecule has 156 valence electrons. The minimum atomic E-state index is -4.45. The van der Waals surface area contributed by atoms with Gasteiger partial charge in [0.05, 0.1) is 11.1 Å². The molecule has 1 aromatic carbocycles. The topological polar surface area (TPSA) is 76.1 Å². The molecular formula is C21H19F3N4O2. The Hall–Kier alpha value is -3.20. The molecule has 1 aliphatic heterocycles. The highest BCUT2D eigenvalue weighted by Gasteiger charge is 2.30. The summed E-state index contributed by atoms with van der Waals surface area (Å²) in [6, 6.07) is 10.6. The lowest BCUT2D eigenvalue weighted by molar-refractivity contribution is -0.137. The van der Waals surface area contributed by atoms with Crippen molar-refractivity contribution in [3.8, 4) is 11.6 Å². The molecule has 1 amide bonds. The number of alkyl halides is 3. The van der Waals surface area contributed by atoms with Crippen molar-refractivity contribution in [2.45, 2.75) is 25.1 Å². The van der Waals surface area contributed by atoms with E-state index in [1.54, 1.807) is 30.3 Å². The fraction of sp³-hybridized carbons (Fsp3) is 0.286. The zero-order valence-electron chi connectivity index (χ0n) is 15.9. The van der Waals surface area contributed by atoms with E-state index >= 15 is 0 Å². The summed E-state index contributed by atoms with van der Waals surface area (Å²) in [6.45, 7) is 1.76. The second kappa shape index (κ2) is 8.27. The molecule has 3 aromatic rings. The molecule has 0 saturated carbocycles. The van der Waals surface area contributed by atoms with E-state index in [2.05, 4.69) is 20.6 Å². The molecule has 4 rings (SSSR count). The second-order valence-corrected chi connectivity index (χ2v) is 7.03. The Morgan fingerprint density at radius 3 is 2.60 bits per heavy atom. The van der Waals surface area contributed by atoms with Gasteiger partial charge in [0.15, 0.2) is 0 Å². The first-order valence-electron chi connectivity index (χ1n) is 9.52. The van der Waals surface area contributed by atoms with Crippen LogP contribution in [0, 0.1) is 0 Å². The molecule has 0 unspecified atom stereocenters. The number of fused-ring (bicyclic) bond motifs is 1. The van der Waals surface area contributed by atoms with Gasteiger partial charge in [0, 0.05) is 23.7 Å². The van der Waals surface area contributed by atoms with E-state index in [-0.39, 0.29) is 17.8 Å². The molecule has 30 heavy (non-hydrogen) atoms. The number of aromatic nitrogens is 2. The predicted octanol–water partition coefficient (Wildman–Crippen LogP) is 3.92. The number of amides is 1. The number of pyridine rings is 2. The SMILES string of the molecule is O=C(NC1CCNCC1)c1ccc2cc(Oc3ccc(C(F)(F)F)cn3)ccc2n1. The van der Waals surface area contributed by atoms with E-state index < -0.39 is 11.7 Å². The standard InChI is InChI=1S/C21H19F3N4O2/c22-21(23,24)14-2-6-19(26-12-14)30-16-3-5-17-13(11-16)1-4-18(28-17)20(29)27-15-7-9-25-10-8-15/h1-6,11-12,15,25H,7-10H2,(H,27,29). The van der Waals surface area contributed by atoms with E-state index in [1.165, 1.54) is 6.07 Å². The van der Waals surface area contributed by atoms with Gasteiger partial charge in [0.2, 0.25) is 5.88 Å². The molecule has 9 heteroatoms. The van der Waals surface area contributed by atoms with Crippen molar-refractivity contribution in [2.75, 3.05) is 13.1 Å². The number of ether oxygens (including phenoxy) is 1. The molecule has 1 aliphatic rings. The number of benzene rings is 1. The molecule has 0 atom stereocenters. The van der Waals surface area contributed by atoms with Crippen LogP contribution in [0.15, 0.2) is 48.7 Å². The molecule has 3 heterocycles. The minimum absolute atomic E-state index is 0.0493. The lowest BCUT2D eigenvalue weighted by Gasteiger charge is -2.23. The quantitative estimate of drug-likeness (QED) is 0.674. The Bertz CT molecular complexity index is 1050. The maximum absolute atomic E-state index is 12.6. The average Bonchev–Trinajstić information content (AvgIpc) is 2.74. The molecule has 0 bridgehead atoms. The molecule has 1 saturated heterocycles. The Labute approximate surface area is 170 Å². The monoisotopic (exact) mass is 416 g/mol. The zero-order valence-corrected chi connectivity index (χ0v) is 15.9. The number of carbonyl (C=O) groups excluding carboxylic acids is 1. The van der Waals surface area contributed by atoms with Crippen molar-refractivity contribution >= 4 is 16.8 Å². The number of piperidine rings is 1. The summed E-state index contributed by atoms with van der Waals surface area (Å²) in [5.74, 6) is 0.245. The van der Waals surface area contributed by atoms with Crippen LogP contribution in [-0.2, 0) is 6.18 Å². The Balaban J connectivity index is 1.47. The van der Waals surface area contributed by atoms with Gasteiger partial charge < -0.3 is 15.4 Å². The van der Waals surface area contributed by atoms with Gasteiger partial charge in [-0.15, -0.1) is 0 Å². The van der Waals surface area contributed by atoms with Gasteiger partial charge >= 0.3 is 6.18 Å². The largest absolute Gasteiger partial charge is 0.439 e. The van der Waals surface area contributed by atoms with Crippen molar-refractivity contribution in [1.29, 1.82) is 0 Å². The number of hydrogen-bond donors (Lipinski definition) is 2. The predicted molar refractivity (Wildman–Crippen MR) is 104 cm³/mol. The summed E-state index contributed by atoms with van der Waals surface area (Å²) in [4.78, 5) is 20.6. The molecule has 0 spiro atoms. The fourth-order valence-electron chi connectivity index (χ4n) is 3.25. The number of carbonyl (C=O) groups is 1. The Morgan fingerprint density at radius 2 is 1.90 bits per heavy atom. The van der Waals surface area contributed by atoms with Crippen molar-refractivity contribution in [3.05, 3.63) is 59.9 Å². The number of halogens is 3. The maximum atomic E-state index is 12.6. The molecule has 2 N–H and O–H groups in total. The van der Waals surface area contributed by atoms with Crippen LogP contribution in [0.4, 0.5) is 13.2 Å². The third kappa shape index (κ3) is 4.68. The van der Waals surface area contributed by atoms with Gasteiger partial charge in [-0.25, -0.2) is 9.97 Å². The molecule has 6 nitrogen and oxygen atoms in total. The summed E-state index contributed by atoms with van der Waals surface area (Å²) < 4.78 is 43.4. The van der Waals surface area contributed by atoms with E-state index in [9.17, 15) is 18.0 Å². The fourth-order valence-corrected chi connectivity index (χ4v) is 3.25. The number of nitrogens with one attached hydrogen (secondary N) is 2. The molecule has 0 aliphatic carbocycles. The van der Waals surface area contributed by atoms with Crippen LogP contribution in [0.1, 0.15) is 28.9 Å². The van der Waals surface area contributed by atoms with Crippen LogP contribution in [0.3, 0.4) is 0 Å². The van der Waals surface area contributed by atoms with Crippen LogP contribution in [0.2, 0.25) is 0 Å². The summed E-state index contributed by atoms with van der Waals surface area (Å²) in [5, 5.41) is 6.99. The van der Waals surface area contributed by atoms with E-state index in [0.717, 1.165) is 43.6 Å². The number of rotatable bonds is 4. The van der Waals surface area contributed by atoms with Gasteiger partial charge in [0.25, 0.3) is 5.91 Å². The van der Waals surface area contributed by atoms with Crippen LogP contribution < -0.4 is 15.4 Å². The lowest BCUT2D eigenvalue weighted by Crippen LogP contribution is -2.42. The van der Waals surface area contributed by atoms with Gasteiger partial charge in [-0.3, -0.25) is 4.79 Å². The summed E-state index contributed by atoms with van der Waals surface area (Å²) in [5.41, 5.74) is 0.104.